The van der Waals surface area contributed by atoms with Gasteiger partial charge in [0.25, 0.3) is 0 Å². The van der Waals surface area contributed by atoms with Gasteiger partial charge in [-0.25, -0.2) is 0 Å². The lowest BCUT2D eigenvalue weighted by Crippen LogP contribution is -1.62. The Kier molecular flexibility index (Phi) is 1.45. The predicted octanol–water partition coefficient (Wildman–Crippen LogP) is 3.14. The van der Waals surface area contributed by atoms with Crippen LogP contribution in [0.15, 0.2) is 11.4 Å². The van der Waals surface area contributed by atoms with Crippen LogP contribution in [-0.2, 0) is 0 Å². The predicted molar refractivity (Wildman–Crippen MR) is 49.2 cm³/mol. The summed E-state index contributed by atoms with van der Waals surface area (Å²) in [5.41, 5.74) is 0.814. The molecule has 11 heavy (non-hydrogen) atoms. The van der Waals surface area contributed by atoms with E-state index in [1.807, 2.05) is 5.38 Å². The molecular weight excluding hydrogens is 174 g/mol. The van der Waals surface area contributed by atoms with E-state index in [4.69, 9.17) is 5.26 Å². The minimum Gasteiger partial charge on any atom is -0.192 e. The van der Waals surface area contributed by atoms with Crippen LogP contribution < -0.4 is 0 Å². The Morgan fingerprint density at radius 3 is 3.09 bits per heavy atom. The number of nitriles is 1. The molecule has 3 heteroatoms. The Hall–Kier alpha value is -0.850. The van der Waals surface area contributed by atoms with E-state index in [0.717, 1.165) is 10.9 Å². The fraction of sp³-hybridized carbons (Fsp3) is 0.125. The fourth-order valence-corrected chi connectivity index (χ4v) is 3.21. The molecule has 0 fully saturated rings. The van der Waals surface area contributed by atoms with E-state index in [2.05, 4.69) is 19.1 Å². The second kappa shape index (κ2) is 2.33. The Morgan fingerprint density at radius 1 is 1.55 bits per heavy atom. The topological polar surface area (TPSA) is 23.8 Å². The largest absolute Gasteiger partial charge is 0.192 e. The van der Waals surface area contributed by atoms with Gasteiger partial charge in [-0.1, -0.05) is 0 Å². The summed E-state index contributed by atoms with van der Waals surface area (Å²) in [5.74, 6) is 0. The van der Waals surface area contributed by atoms with E-state index in [9.17, 15) is 0 Å². The summed E-state index contributed by atoms with van der Waals surface area (Å²) in [6, 6.07) is 4.26. The maximum atomic E-state index is 8.70. The number of hydrogen-bond donors (Lipinski definition) is 0. The fourth-order valence-electron chi connectivity index (χ4n) is 1.03. The van der Waals surface area contributed by atoms with Crippen LogP contribution in [0.4, 0.5) is 0 Å². The highest BCUT2D eigenvalue weighted by atomic mass is 32.2. The molecule has 0 N–H and O–H groups in total. The van der Waals surface area contributed by atoms with Crippen LogP contribution in [0.5, 0.6) is 0 Å². The van der Waals surface area contributed by atoms with Crippen molar-refractivity contribution in [3.8, 4) is 6.07 Å². The third kappa shape index (κ3) is 0.953. The molecule has 0 aliphatic carbocycles. The summed E-state index contributed by atoms with van der Waals surface area (Å²) in [6.07, 6.45) is 0. The van der Waals surface area contributed by atoms with Gasteiger partial charge in [0, 0.05) is 15.6 Å². The first kappa shape index (κ1) is 6.84. The summed E-state index contributed by atoms with van der Waals surface area (Å²) >= 11 is 3.41. The first-order valence-corrected chi connectivity index (χ1v) is 4.88. The Balaban J connectivity index is 2.86. The quantitative estimate of drug-likeness (QED) is 0.609. The molecule has 54 valence electrons. The second-order valence-electron chi connectivity index (χ2n) is 2.32. The molecule has 0 aromatic carbocycles. The van der Waals surface area contributed by atoms with Gasteiger partial charge in [-0.2, -0.15) is 5.26 Å². The third-order valence-corrected chi connectivity index (χ3v) is 3.69. The smallest absolute Gasteiger partial charge is 0.101 e. The number of aryl methyl sites for hydroxylation is 1. The zero-order chi connectivity index (χ0) is 7.84. The van der Waals surface area contributed by atoms with Gasteiger partial charge in [-0.3, -0.25) is 0 Å². The van der Waals surface area contributed by atoms with Gasteiger partial charge in [0.2, 0.25) is 0 Å². The Bertz CT molecular complexity index is 430. The molecule has 2 heterocycles. The molecule has 0 spiro atoms. The summed E-state index contributed by atoms with van der Waals surface area (Å²) in [7, 11) is 0. The van der Waals surface area contributed by atoms with Crippen LogP contribution in [0.25, 0.3) is 9.40 Å². The van der Waals surface area contributed by atoms with Gasteiger partial charge in [-0.05, 0) is 13.0 Å². The summed E-state index contributed by atoms with van der Waals surface area (Å²) in [6.45, 7) is 2.07. The van der Waals surface area contributed by atoms with Crippen LogP contribution in [0.1, 0.15) is 10.4 Å². The van der Waals surface area contributed by atoms with Gasteiger partial charge in [-0.15, -0.1) is 22.7 Å². The lowest BCUT2D eigenvalue weighted by molar-refractivity contribution is 1.52. The average molecular weight is 179 g/mol. The standard InChI is InChI=1S/C8H5NS2/c1-5-2-7-6(3-9)4-10-8(7)11-5/h2,4H,1H3. The van der Waals surface area contributed by atoms with Crippen LogP contribution in [0, 0.1) is 18.3 Å². The Morgan fingerprint density at radius 2 is 2.36 bits per heavy atom. The zero-order valence-corrected chi connectivity index (χ0v) is 7.55. The van der Waals surface area contributed by atoms with E-state index < -0.39 is 0 Å². The van der Waals surface area contributed by atoms with E-state index in [1.54, 1.807) is 22.7 Å². The zero-order valence-electron chi connectivity index (χ0n) is 5.92. The van der Waals surface area contributed by atoms with Crippen molar-refractivity contribution in [1.82, 2.24) is 0 Å². The molecule has 0 amide bonds. The van der Waals surface area contributed by atoms with Crippen molar-refractivity contribution in [2.24, 2.45) is 0 Å². The second-order valence-corrected chi connectivity index (χ2v) is 4.71. The number of thiophene rings is 2. The number of nitrogens with zero attached hydrogens (tertiary/aromatic N) is 1. The van der Waals surface area contributed by atoms with Crippen molar-refractivity contribution in [2.75, 3.05) is 0 Å². The summed E-state index contributed by atoms with van der Waals surface area (Å²) < 4.78 is 1.26. The summed E-state index contributed by atoms with van der Waals surface area (Å²) in [5, 5.41) is 11.7. The van der Waals surface area contributed by atoms with Crippen LogP contribution >= 0.6 is 22.7 Å². The first-order chi connectivity index (χ1) is 5.31. The molecule has 2 aromatic rings. The van der Waals surface area contributed by atoms with Gasteiger partial charge in [0.05, 0.1) is 9.58 Å². The molecule has 0 atom stereocenters. The van der Waals surface area contributed by atoms with Crippen molar-refractivity contribution in [1.29, 1.82) is 5.26 Å². The molecule has 0 unspecified atom stereocenters. The highest BCUT2D eigenvalue weighted by Gasteiger charge is 2.05. The maximum Gasteiger partial charge on any atom is 0.101 e. The lowest BCUT2D eigenvalue weighted by Gasteiger charge is -1.75. The van der Waals surface area contributed by atoms with Crippen molar-refractivity contribution in [3.05, 3.63) is 21.9 Å². The average Bonchev–Trinajstić information content (AvgIpc) is 2.45. The van der Waals surface area contributed by atoms with Gasteiger partial charge >= 0.3 is 0 Å². The number of fused-ring (bicyclic) bond motifs is 1. The monoisotopic (exact) mass is 179 g/mol. The first-order valence-electron chi connectivity index (χ1n) is 3.19. The molecule has 2 aromatic heterocycles. The molecule has 0 saturated heterocycles. The third-order valence-electron chi connectivity index (χ3n) is 1.52. The van der Waals surface area contributed by atoms with E-state index in [-0.39, 0.29) is 0 Å². The molecule has 0 aliphatic heterocycles. The summed E-state index contributed by atoms with van der Waals surface area (Å²) in [4.78, 5) is 1.28. The van der Waals surface area contributed by atoms with Crippen LogP contribution in [0.2, 0.25) is 0 Å². The number of hydrogen-bond acceptors (Lipinski definition) is 3. The molecule has 0 saturated carbocycles. The van der Waals surface area contributed by atoms with Crippen molar-refractivity contribution >= 4 is 32.1 Å². The molecule has 2 rings (SSSR count). The molecule has 0 radical (unpaired) electrons. The minimum absolute atomic E-state index is 0.814. The van der Waals surface area contributed by atoms with Gasteiger partial charge < -0.3 is 0 Å². The highest BCUT2D eigenvalue weighted by molar-refractivity contribution is 7.37. The van der Waals surface area contributed by atoms with Crippen molar-refractivity contribution in [3.63, 3.8) is 0 Å². The molecule has 0 bridgehead atoms. The molecular formula is C8H5NS2. The van der Waals surface area contributed by atoms with E-state index in [1.165, 1.54) is 8.89 Å². The molecule has 0 aliphatic rings. The van der Waals surface area contributed by atoms with E-state index >= 15 is 0 Å². The van der Waals surface area contributed by atoms with Crippen LogP contribution in [-0.4, -0.2) is 0 Å². The van der Waals surface area contributed by atoms with Crippen molar-refractivity contribution in [2.45, 2.75) is 6.92 Å². The maximum absolute atomic E-state index is 8.70. The normalized spacial score (nSPS) is 10.2. The van der Waals surface area contributed by atoms with Gasteiger partial charge in [0.1, 0.15) is 6.07 Å². The molecule has 1 nitrogen and oxygen atoms in total. The van der Waals surface area contributed by atoms with E-state index in [0.29, 0.717) is 0 Å². The highest BCUT2D eigenvalue weighted by Crippen LogP contribution is 2.32. The number of rotatable bonds is 0. The minimum atomic E-state index is 0.814. The van der Waals surface area contributed by atoms with Crippen molar-refractivity contribution < 1.29 is 0 Å². The lowest BCUT2D eigenvalue weighted by atomic mass is 10.2. The van der Waals surface area contributed by atoms with Gasteiger partial charge in [0.15, 0.2) is 0 Å². The Labute approximate surface area is 72.5 Å². The SMILES string of the molecule is Cc1cc2c(C#N)csc2s1. The van der Waals surface area contributed by atoms with Crippen LogP contribution in [0.3, 0.4) is 0 Å².